The summed E-state index contributed by atoms with van der Waals surface area (Å²) >= 11 is 5.81. The van der Waals surface area contributed by atoms with Crippen molar-refractivity contribution in [1.29, 1.82) is 0 Å². The maximum atomic E-state index is 11.8. The molecular formula is C13H11ClN2O. The smallest absolute Gasteiger partial charge is 0.251 e. The van der Waals surface area contributed by atoms with E-state index in [1.54, 1.807) is 30.5 Å². The second-order valence-corrected chi connectivity index (χ2v) is 3.95. The van der Waals surface area contributed by atoms with Crippen LogP contribution in [0.3, 0.4) is 0 Å². The number of amides is 1. The first-order valence-corrected chi connectivity index (χ1v) is 5.57. The molecule has 3 nitrogen and oxygen atoms in total. The monoisotopic (exact) mass is 246 g/mol. The van der Waals surface area contributed by atoms with Crippen LogP contribution in [0.1, 0.15) is 16.1 Å². The summed E-state index contributed by atoms with van der Waals surface area (Å²) in [6.45, 7) is 0.409. The van der Waals surface area contributed by atoms with Gasteiger partial charge in [-0.1, -0.05) is 23.7 Å². The minimum Gasteiger partial charge on any atom is -0.346 e. The van der Waals surface area contributed by atoms with Gasteiger partial charge in [0.05, 0.1) is 12.2 Å². The number of aromatic nitrogens is 1. The van der Waals surface area contributed by atoms with Gasteiger partial charge in [-0.25, -0.2) is 0 Å². The zero-order chi connectivity index (χ0) is 12.1. The van der Waals surface area contributed by atoms with Crippen LogP contribution in [0.15, 0.2) is 48.7 Å². The number of pyridine rings is 1. The molecule has 1 N–H and O–H groups in total. The Morgan fingerprint density at radius 2 is 2.12 bits per heavy atom. The van der Waals surface area contributed by atoms with E-state index in [9.17, 15) is 4.79 Å². The molecule has 0 bridgehead atoms. The van der Waals surface area contributed by atoms with Crippen molar-refractivity contribution in [3.05, 3.63) is 64.9 Å². The van der Waals surface area contributed by atoms with Crippen molar-refractivity contribution in [2.45, 2.75) is 6.54 Å². The van der Waals surface area contributed by atoms with Crippen LogP contribution in [-0.2, 0) is 6.54 Å². The van der Waals surface area contributed by atoms with Gasteiger partial charge >= 0.3 is 0 Å². The van der Waals surface area contributed by atoms with E-state index in [-0.39, 0.29) is 5.91 Å². The zero-order valence-electron chi connectivity index (χ0n) is 9.06. The van der Waals surface area contributed by atoms with Gasteiger partial charge in [0.25, 0.3) is 5.91 Å². The standard InChI is InChI=1S/C13H11ClN2O/c14-11-5-3-4-10(8-11)13(17)16-9-12-6-1-2-7-15-12/h1-8H,9H2,(H,16,17). The maximum Gasteiger partial charge on any atom is 0.251 e. The molecule has 0 saturated heterocycles. The van der Waals surface area contributed by atoms with Crippen LogP contribution in [0.25, 0.3) is 0 Å². The third-order valence-corrected chi connectivity index (χ3v) is 2.48. The number of nitrogens with one attached hydrogen (secondary N) is 1. The van der Waals surface area contributed by atoms with Crippen molar-refractivity contribution in [3.63, 3.8) is 0 Å². The number of carbonyl (C=O) groups is 1. The molecule has 2 rings (SSSR count). The minimum atomic E-state index is -0.154. The molecule has 17 heavy (non-hydrogen) atoms. The molecule has 0 atom stereocenters. The van der Waals surface area contributed by atoms with Crippen molar-refractivity contribution >= 4 is 17.5 Å². The Morgan fingerprint density at radius 1 is 1.24 bits per heavy atom. The average Bonchev–Trinajstić information content (AvgIpc) is 2.37. The first kappa shape index (κ1) is 11.6. The molecule has 0 aliphatic heterocycles. The molecule has 0 radical (unpaired) electrons. The van der Waals surface area contributed by atoms with Crippen molar-refractivity contribution in [2.24, 2.45) is 0 Å². The van der Waals surface area contributed by atoms with E-state index in [1.165, 1.54) is 0 Å². The Labute approximate surface area is 104 Å². The fourth-order valence-electron chi connectivity index (χ4n) is 1.41. The molecule has 86 valence electrons. The van der Waals surface area contributed by atoms with E-state index in [0.717, 1.165) is 5.69 Å². The molecule has 1 amide bonds. The van der Waals surface area contributed by atoms with Crippen LogP contribution in [-0.4, -0.2) is 10.9 Å². The van der Waals surface area contributed by atoms with Gasteiger partial charge in [-0.2, -0.15) is 0 Å². The third kappa shape index (κ3) is 3.29. The summed E-state index contributed by atoms with van der Waals surface area (Å²) in [7, 11) is 0. The summed E-state index contributed by atoms with van der Waals surface area (Å²) in [5, 5.41) is 3.33. The summed E-state index contributed by atoms with van der Waals surface area (Å²) in [4.78, 5) is 15.9. The molecule has 0 fully saturated rings. The molecule has 1 aromatic heterocycles. The topological polar surface area (TPSA) is 42.0 Å². The Bertz CT molecular complexity index is 514. The molecule has 0 unspecified atom stereocenters. The number of nitrogens with zero attached hydrogens (tertiary/aromatic N) is 1. The Balaban J connectivity index is 1.98. The number of hydrogen-bond acceptors (Lipinski definition) is 2. The summed E-state index contributed by atoms with van der Waals surface area (Å²) < 4.78 is 0. The van der Waals surface area contributed by atoms with Gasteiger partial charge in [0.2, 0.25) is 0 Å². The number of halogens is 1. The molecule has 2 aromatic rings. The number of benzene rings is 1. The number of rotatable bonds is 3. The van der Waals surface area contributed by atoms with Gasteiger partial charge in [0.1, 0.15) is 0 Å². The molecule has 1 heterocycles. The fraction of sp³-hybridized carbons (Fsp3) is 0.0769. The highest BCUT2D eigenvalue weighted by atomic mass is 35.5. The minimum absolute atomic E-state index is 0.154. The molecule has 0 aliphatic rings. The molecule has 0 spiro atoms. The van der Waals surface area contributed by atoms with Gasteiger partial charge in [-0.15, -0.1) is 0 Å². The predicted molar refractivity (Wildman–Crippen MR) is 66.9 cm³/mol. The lowest BCUT2D eigenvalue weighted by atomic mass is 10.2. The van der Waals surface area contributed by atoms with E-state index < -0.39 is 0 Å². The predicted octanol–water partition coefficient (Wildman–Crippen LogP) is 2.67. The van der Waals surface area contributed by atoms with Gasteiger partial charge in [-0.3, -0.25) is 9.78 Å². The van der Waals surface area contributed by atoms with Gasteiger partial charge in [0, 0.05) is 16.8 Å². The maximum absolute atomic E-state index is 11.8. The largest absolute Gasteiger partial charge is 0.346 e. The van der Waals surface area contributed by atoms with E-state index in [1.807, 2.05) is 18.2 Å². The van der Waals surface area contributed by atoms with E-state index >= 15 is 0 Å². The first-order chi connectivity index (χ1) is 8.25. The molecule has 4 heteroatoms. The van der Waals surface area contributed by atoms with Gasteiger partial charge < -0.3 is 5.32 Å². The first-order valence-electron chi connectivity index (χ1n) is 5.19. The zero-order valence-corrected chi connectivity index (χ0v) is 9.82. The van der Waals surface area contributed by atoms with Crippen molar-refractivity contribution < 1.29 is 4.79 Å². The lowest BCUT2D eigenvalue weighted by Crippen LogP contribution is -2.23. The highest BCUT2D eigenvalue weighted by Gasteiger charge is 2.05. The van der Waals surface area contributed by atoms with Crippen LogP contribution in [0, 0.1) is 0 Å². The average molecular weight is 247 g/mol. The second-order valence-electron chi connectivity index (χ2n) is 3.51. The highest BCUT2D eigenvalue weighted by Crippen LogP contribution is 2.10. The molecule has 0 aliphatic carbocycles. The van der Waals surface area contributed by atoms with Crippen LogP contribution < -0.4 is 5.32 Å². The van der Waals surface area contributed by atoms with Gasteiger partial charge in [-0.05, 0) is 30.3 Å². The number of carbonyl (C=O) groups excluding carboxylic acids is 1. The normalized spacial score (nSPS) is 9.94. The third-order valence-electron chi connectivity index (χ3n) is 2.24. The van der Waals surface area contributed by atoms with Crippen LogP contribution in [0.4, 0.5) is 0 Å². The Kier molecular flexibility index (Phi) is 3.73. The Morgan fingerprint density at radius 3 is 2.82 bits per heavy atom. The molecule has 1 aromatic carbocycles. The second kappa shape index (κ2) is 5.46. The van der Waals surface area contributed by atoms with Crippen molar-refractivity contribution in [1.82, 2.24) is 10.3 Å². The van der Waals surface area contributed by atoms with Crippen LogP contribution >= 0.6 is 11.6 Å². The summed E-state index contributed by atoms with van der Waals surface area (Å²) in [5.74, 6) is -0.154. The summed E-state index contributed by atoms with van der Waals surface area (Å²) in [6.07, 6.45) is 1.70. The summed E-state index contributed by atoms with van der Waals surface area (Å²) in [5.41, 5.74) is 1.37. The fourth-order valence-corrected chi connectivity index (χ4v) is 1.60. The van der Waals surface area contributed by atoms with Crippen molar-refractivity contribution in [2.75, 3.05) is 0 Å². The van der Waals surface area contributed by atoms with Crippen molar-refractivity contribution in [3.8, 4) is 0 Å². The lowest BCUT2D eigenvalue weighted by Gasteiger charge is -2.04. The highest BCUT2D eigenvalue weighted by molar-refractivity contribution is 6.30. The van der Waals surface area contributed by atoms with E-state index in [0.29, 0.717) is 17.1 Å². The Hall–Kier alpha value is -1.87. The number of hydrogen-bond donors (Lipinski definition) is 1. The van der Waals surface area contributed by atoms with Gasteiger partial charge in [0.15, 0.2) is 0 Å². The lowest BCUT2D eigenvalue weighted by molar-refractivity contribution is 0.0950. The van der Waals surface area contributed by atoms with E-state index in [2.05, 4.69) is 10.3 Å². The van der Waals surface area contributed by atoms with Crippen LogP contribution in [0.5, 0.6) is 0 Å². The van der Waals surface area contributed by atoms with Crippen LogP contribution in [0.2, 0.25) is 5.02 Å². The molecular weight excluding hydrogens is 236 g/mol. The quantitative estimate of drug-likeness (QED) is 0.905. The summed E-state index contributed by atoms with van der Waals surface area (Å²) in [6, 6.07) is 12.4. The molecule has 0 saturated carbocycles. The van der Waals surface area contributed by atoms with E-state index in [4.69, 9.17) is 11.6 Å². The SMILES string of the molecule is O=C(NCc1ccccn1)c1cccc(Cl)c1.